The van der Waals surface area contributed by atoms with Crippen molar-refractivity contribution in [2.75, 3.05) is 40.6 Å². The third kappa shape index (κ3) is 8.16. The lowest BCUT2D eigenvalue weighted by atomic mass is 9.89. The molecule has 1 amide bonds. The fourth-order valence-electron chi connectivity index (χ4n) is 4.67. The Bertz CT molecular complexity index is 1460. The zero-order valence-electron chi connectivity index (χ0n) is 24.3. The van der Waals surface area contributed by atoms with E-state index < -0.39 is 5.54 Å². The number of hydrogen-bond acceptors (Lipinski definition) is 9. The van der Waals surface area contributed by atoms with Crippen molar-refractivity contribution < 1.29 is 28.8 Å². The van der Waals surface area contributed by atoms with Crippen LogP contribution in [-0.4, -0.2) is 63.0 Å². The quantitative estimate of drug-likeness (QED) is 0.0752. The molecule has 43 heavy (non-hydrogen) atoms. The van der Waals surface area contributed by atoms with Gasteiger partial charge in [-0.2, -0.15) is 0 Å². The third-order valence-electron chi connectivity index (χ3n) is 6.97. The van der Waals surface area contributed by atoms with Crippen molar-refractivity contribution in [3.63, 3.8) is 0 Å². The number of nitrogens with one attached hydrogen (secondary N) is 2. The molecule has 0 unspecified atom stereocenters. The predicted octanol–water partition coefficient (Wildman–Crippen LogP) is 3.90. The van der Waals surface area contributed by atoms with E-state index in [1.165, 1.54) is 0 Å². The van der Waals surface area contributed by atoms with Gasteiger partial charge in [-0.05, 0) is 71.1 Å². The second-order valence-corrected chi connectivity index (χ2v) is 9.83. The van der Waals surface area contributed by atoms with Crippen molar-refractivity contribution in [1.82, 2.24) is 10.9 Å². The molecular weight excluding hydrogens is 552 g/mol. The number of rotatable bonds is 16. The maximum absolute atomic E-state index is 13.8. The van der Waals surface area contributed by atoms with Crippen LogP contribution in [0.15, 0.2) is 76.8 Å². The minimum atomic E-state index is -1.28. The monoisotopic (exact) mass is 588 g/mol. The van der Waals surface area contributed by atoms with E-state index in [0.717, 1.165) is 22.4 Å². The summed E-state index contributed by atoms with van der Waals surface area (Å²) in [5.74, 6) is 2.08. The number of methoxy groups -OCH3 is 2. The van der Waals surface area contributed by atoms with Crippen molar-refractivity contribution >= 4 is 11.8 Å². The number of carbonyl (C=O) groups excluding carboxylic acids is 1. The number of ether oxygens (including phenoxy) is 4. The van der Waals surface area contributed by atoms with Gasteiger partial charge >= 0.3 is 0 Å². The molecule has 12 nitrogen and oxygen atoms in total. The lowest BCUT2D eigenvalue weighted by molar-refractivity contribution is -0.127. The maximum atomic E-state index is 13.8. The smallest absolute Gasteiger partial charge is 0.266 e. The van der Waals surface area contributed by atoms with Gasteiger partial charge in [0.1, 0.15) is 23.9 Å². The molecular formula is C31H36N6O6. The first-order valence-electron chi connectivity index (χ1n) is 13.9. The van der Waals surface area contributed by atoms with Gasteiger partial charge in [0.15, 0.2) is 5.54 Å². The molecule has 1 aliphatic rings. The Morgan fingerprint density at radius 2 is 1.84 bits per heavy atom. The van der Waals surface area contributed by atoms with E-state index in [4.69, 9.17) is 34.6 Å². The van der Waals surface area contributed by atoms with Gasteiger partial charge in [0.2, 0.25) is 5.90 Å². The number of amides is 1. The van der Waals surface area contributed by atoms with Gasteiger partial charge in [0, 0.05) is 36.5 Å². The van der Waals surface area contributed by atoms with Crippen LogP contribution < -0.4 is 25.1 Å². The minimum absolute atomic E-state index is 0.0180. The van der Waals surface area contributed by atoms with Crippen LogP contribution in [0.4, 0.5) is 0 Å². The molecule has 1 heterocycles. The summed E-state index contributed by atoms with van der Waals surface area (Å²) in [6.45, 7) is 1.06. The number of nitrogens with zero attached hydrogens (tertiary/aromatic N) is 4. The van der Waals surface area contributed by atoms with E-state index in [9.17, 15) is 4.79 Å². The van der Waals surface area contributed by atoms with Gasteiger partial charge in [-0.3, -0.25) is 10.2 Å². The summed E-state index contributed by atoms with van der Waals surface area (Å²) in [4.78, 5) is 21.5. The van der Waals surface area contributed by atoms with Crippen molar-refractivity contribution in [2.24, 2.45) is 10.1 Å². The molecule has 12 heteroatoms. The van der Waals surface area contributed by atoms with E-state index in [-0.39, 0.29) is 32.1 Å². The zero-order chi connectivity index (χ0) is 30.5. The van der Waals surface area contributed by atoms with Crippen molar-refractivity contribution in [2.45, 2.75) is 31.3 Å². The molecule has 0 spiro atoms. The maximum Gasteiger partial charge on any atom is 0.266 e. The van der Waals surface area contributed by atoms with Crippen LogP contribution in [0, 0.1) is 0 Å². The van der Waals surface area contributed by atoms with Gasteiger partial charge < -0.3 is 24.1 Å². The highest BCUT2D eigenvalue weighted by molar-refractivity contribution is 6.00. The van der Waals surface area contributed by atoms with Gasteiger partial charge in [0.25, 0.3) is 5.91 Å². The van der Waals surface area contributed by atoms with Crippen LogP contribution in [-0.2, 0) is 28.9 Å². The van der Waals surface area contributed by atoms with Gasteiger partial charge in [0.05, 0.1) is 27.4 Å². The van der Waals surface area contributed by atoms with Crippen molar-refractivity contribution in [3.05, 3.63) is 99.4 Å². The summed E-state index contributed by atoms with van der Waals surface area (Å²) < 4.78 is 22.4. The van der Waals surface area contributed by atoms with E-state index in [0.29, 0.717) is 49.0 Å². The normalized spacial score (nSPS) is 15.6. The first-order chi connectivity index (χ1) is 21.0. The average molecular weight is 589 g/mol. The number of aliphatic hydroxyl groups is 1. The van der Waals surface area contributed by atoms with E-state index in [2.05, 4.69) is 20.9 Å². The topological polar surface area (TPSA) is 159 Å². The molecule has 3 N–H and O–H groups in total. The molecule has 0 aliphatic carbocycles. The fourth-order valence-corrected chi connectivity index (χ4v) is 4.67. The predicted molar refractivity (Wildman–Crippen MR) is 161 cm³/mol. The van der Waals surface area contributed by atoms with Crippen LogP contribution in [0.25, 0.3) is 10.4 Å². The van der Waals surface area contributed by atoms with Gasteiger partial charge in [-0.25, -0.2) is 10.4 Å². The Labute approximate surface area is 250 Å². The average Bonchev–Trinajstić information content (AvgIpc) is 3.48. The molecule has 0 aromatic heterocycles. The van der Waals surface area contributed by atoms with Crippen LogP contribution in [0.1, 0.15) is 28.7 Å². The number of hydrogen-bond donors (Lipinski definition) is 3. The summed E-state index contributed by atoms with van der Waals surface area (Å²) in [6.07, 6.45) is 1.34. The highest BCUT2D eigenvalue weighted by Crippen LogP contribution is 2.29. The number of aliphatic hydroxyl groups excluding tert-OH is 1. The molecule has 0 radical (unpaired) electrons. The molecule has 0 fully saturated rings. The summed E-state index contributed by atoms with van der Waals surface area (Å²) in [5.41, 5.74) is 16.7. The minimum Gasteiger partial charge on any atom is -0.497 e. The standard InChI is InChI=1S/C31H36N6O6/c1-40-27-12-13-28(41-2)23(18-27)14-15-33-36-30(39)31(19-24-6-3-4-7-25(24)20-34-37-32)21-43-29(35-31)22-8-10-26(11-9-22)42-17-5-16-38/h3-4,6-13,18,33,38H,5,14-17,19-21H2,1-2H3,(H,36,39)/t31-/m0/s1. The Hall–Kier alpha value is -4.77. The number of carbonyl (C=O) groups is 1. The second-order valence-electron chi connectivity index (χ2n) is 9.83. The molecule has 226 valence electrons. The summed E-state index contributed by atoms with van der Waals surface area (Å²) in [6, 6.07) is 20.3. The molecule has 4 rings (SSSR count). The highest BCUT2D eigenvalue weighted by Gasteiger charge is 2.45. The van der Waals surface area contributed by atoms with Crippen molar-refractivity contribution in [1.29, 1.82) is 0 Å². The van der Waals surface area contributed by atoms with Crippen molar-refractivity contribution in [3.8, 4) is 17.2 Å². The van der Waals surface area contributed by atoms with Crippen LogP contribution in [0.3, 0.4) is 0 Å². The Balaban J connectivity index is 1.53. The molecule has 1 aliphatic heterocycles. The molecule has 0 saturated heterocycles. The largest absolute Gasteiger partial charge is 0.497 e. The molecule has 0 bridgehead atoms. The van der Waals surface area contributed by atoms with Gasteiger partial charge in [-0.15, -0.1) is 0 Å². The third-order valence-corrected chi connectivity index (χ3v) is 6.97. The second kappa shape index (κ2) is 15.5. The lowest BCUT2D eigenvalue weighted by Crippen LogP contribution is -2.53. The number of aliphatic imine (C=N–C) groups is 1. The molecule has 1 atom stereocenters. The Morgan fingerprint density at radius 3 is 2.56 bits per heavy atom. The Morgan fingerprint density at radius 1 is 1.07 bits per heavy atom. The number of hydrazine groups is 1. The van der Waals surface area contributed by atoms with E-state index in [1.54, 1.807) is 26.4 Å². The van der Waals surface area contributed by atoms with E-state index in [1.807, 2.05) is 54.6 Å². The molecule has 0 saturated carbocycles. The highest BCUT2D eigenvalue weighted by atomic mass is 16.5. The van der Waals surface area contributed by atoms with Crippen LogP contribution in [0.5, 0.6) is 17.2 Å². The van der Waals surface area contributed by atoms with E-state index >= 15 is 0 Å². The Kier molecular flexibility index (Phi) is 11.2. The van der Waals surface area contributed by atoms with Gasteiger partial charge in [-0.1, -0.05) is 29.4 Å². The zero-order valence-corrected chi connectivity index (χ0v) is 24.3. The summed E-state index contributed by atoms with van der Waals surface area (Å²) >= 11 is 0. The summed E-state index contributed by atoms with van der Waals surface area (Å²) in [5, 5.41) is 12.7. The first kappa shape index (κ1) is 31.2. The first-order valence-corrected chi connectivity index (χ1v) is 13.9. The molecule has 3 aromatic carbocycles. The van der Waals surface area contributed by atoms with Crippen LogP contribution >= 0.6 is 0 Å². The number of azide groups is 1. The summed E-state index contributed by atoms with van der Waals surface area (Å²) in [7, 11) is 3.21. The lowest BCUT2D eigenvalue weighted by Gasteiger charge is -2.24. The SMILES string of the molecule is COc1ccc(OC)c(CCNNC(=O)[C@]2(Cc3ccccc3CN=[N+]=[N-])COC(c3ccc(OCCCO)cc3)=N2)c1. The fraction of sp³-hybridized carbons (Fsp3) is 0.355. The number of benzene rings is 3. The van der Waals surface area contributed by atoms with Crippen LogP contribution in [0.2, 0.25) is 0 Å². The molecule has 3 aromatic rings.